The summed E-state index contributed by atoms with van der Waals surface area (Å²) in [4.78, 5) is 18.4. The highest BCUT2D eigenvalue weighted by molar-refractivity contribution is 7.11. The van der Waals surface area contributed by atoms with Crippen LogP contribution in [0, 0.1) is 0 Å². The highest BCUT2D eigenvalue weighted by Crippen LogP contribution is 2.27. The van der Waals surface area contributed by atoms with Gasteiger partial charge in [0.2, 0.25) is 0 Å². The fourth-order valence-corrected chi connectivity index (χ4v) is 2.18. The standard InChI is InChI=1S/C10H13N5O2S/c1-17-10(16)7-8(11)15-18-9(7)13-3-2-6-4-12-5-14-6/h4-5,13H,2-3H2,1H3,(H2,11,15)(H,12,14). The summed E-state index contributed by atoms with van der Waals surface area (Å²) in [5, 5.41) is 3.74. The van der Waals surface area contributed by atoms with Gasteiger partial charge in [-0.15, -0.1) is 0 Å². The Balaban J connectivity index is 1.99. The summed E-state index contributed by atoms with van der Waals surface area (Å²) in [6, 6.07) is 0. The summed E-state index contributed by atoms with van der Waals surface area (Å²) in [6.07, 6.45) is 4.14. The van der Waals surface area contributed by atoms with Crippen LogP contribution in [0.4, 0.5) is 10.8 Å². The topological polar surface area (TPSA) is 106 Å². The molecule has 0 saturated heterocycles. The normalized spacial score (nSPS) is 10.3. The lowest BCUT2D eigenvalue weighted by Gasteiger charge is -2.04. The molecular formula is C10H13N5O2S. The molecule has 18 heavy (non-hydrogen) atoms. The maximum Gasteiger partial charge on any atom is 0.344 e. The number of aromatic nitrogens is 3. The molecule has 96 valence electrons. The molecule has 0 aliphatic carbocycles. The lowest BCUT2D eigenvalue weighted by molar-refractivity contribution is 0.0603. The average molecular weight is 267 g/mol. The van der Waals surface area contributed by atoms with E-state index in [-0.39, 0.29) is 5.82 Å². The molecule has 2 aromatic rings. The molecule has 0 radical (unpaired) electrons. The molecule has 2 rings (SSSR count). The van der Waals surface area contributed by atoms with E-state index in [4.69, 9.17) is 5.73 Å². The van der Waals surface area contributed by atoms with Gasteiger partial charge in [0, 0.05) is 24.9 Å². The van der Waals surface area contributed by atoms with Gasteiger partial charge in [0.15, 0.2) is 5.82 Å². The summed E-state index contributed by atoms with van der Waals surface area (Å²) in [7, 11) is 1.31. The zero-order chi connectivity index (χ0) is 13.0. The van der Waals surface area contributed by atoms with Gasteiger partial charge in [-0.3, -0.25) is 0 Å². The number of hydrogen-bond acceptors (Lipinski definition) is 7. The molecule has 0 fully saturated rings. The first-order chi connectivity index (χ1) is 8.72. The Bertz CT molecular complexity index is 522. The van der Waals surface area contributed by atoms with Crippen molar-refractivity contribution in [1.82, 2.24) is 14.3 Å². The van der Waals surface area contributed by atoms with Crippen LogP contribution in [0.2, 0.25) is 0 Å². The second-order valence-electron chi connectivity index (χ2n) is 3.52. The number of nitrogen functional groups attached to an aromatic ring is 1. The molecule has 0 bridgehead atoms. The number of aromatic amines is 1. The zero-order valence-corrected chi connectivity index (χ0v) is 10.6. The number of hydrogen-bond donors (Lipinski definition) is 3. The van der Waals surface area contributed by atoms with Crippen molar-refractivity contribution < 1.29 is 9.53 Å². The minimum Gasteiger partial charge on any atom is -0.465 e. The predicted octanol–water partition coefficient (Wildman–Crippen LogP) is 0.890. The second-order valence-corrected chi connectivity index (χ2v) is 4.29. The molecule has 2 aromatic heterocycles. The number of imidazole rings is 1. The van der Waals surface area contributed by atoms with Crippen LogP contribution in [0.15, 0.2) is 12.5 Å². The van der Waals surface area contributed by atoms with Crippen LogP contribution in [-0.4, -0.2) is 34.0 Å². The number of methoxy groups -OCH3 is 1. The Hall–Kier alpha value is -2.09. The lowest BCUT2D eigenvalue weighted by atomic mass is 10.3. The van der Waals surface area contributed by atoms with Gasteiger partial charge in [-0.05, 0) is 11.5 Å². The van der Waals surface area contributed by atoms with Crippen molar-refractivity contribution in [2.75, 3.05) is 24.7 Å². The van der Waals surface area contributed by atoms with Crippen LogP contribution in [-0.2, 0) is 11.2 Å². The average Bonchev–Trinajstić information content (AvgIpc) is 2.99. The molecule has 0 unspecified atom stereocenters. The van der Waals surface area contributed by atoms with Gasteiger partial charge in [0.1, 0.15) is 10.6 Å². The maximum absolute atomic E-state index is 11.5. The number of rotatable bonds is 5. The summed E-state index contributed by atoms with van der Waals surface area (Å²) < 4.78 is 8.60. The van der Waals surface area contributed by atoms with E-state index >= 15 is 0 Å². The van der Waals surface area contributed by atoms with Gasteiger partial charge in [0.25, 0.3) is 0 Å². The smallest absolute Gasteiger partial charge is 0.344 e. The highest BCUT2D eigenvalue weighted by Gasteiger charge is 2.19. The third-order valence-electron chi connectivity index (χ3n) is 2.34. The number of nitrogens with two attached hydrogens (primary N) is 1. The first-order valence-corrected chi connectivity index (χ1v) is 6.04. The Morgan fingerprint density at radius 3 is 3.17 bits per heavy atom. The van der Waals surface area contributed by atoms with Crippen molar-refractivity contribution in [2.45, 2.75) is 6.42 Å². The molecule has 0 saturated carbocycles. The summed E-state index contributed by atoms with van der Waals surface area (Å²) in [5.41, 5.74) is 6.94. The van der Waals surface area contributed by atoms with Gasteiger partial charge in [-0.25, -0.2) is 9.78 Å². The largest absolute Gasteiger partial charge is 0.465 e. The van der Waals surface area contributed by atoms with Gasteiger partial charge < -0.3 is 20.8 Å². The first kappa shape index (κ1) is 12.4. The fraction of sp³-hybridized carbons (Fsp3) is 0.300. The lowest BCUT2D eigenvalue weighted by Crippen LogP contribution is -2.10. The van der Waals surface area contributed by atoms with Crippen molar-refractivity contribution in [3.05, 3.63) is 23.8 Å². The number of H-pyrrole nitrogens is 1. The van der Waals surface area contributed by atoms with E-state index in [2.05, 4.69) is 24.4 Å². The van der Waals surface area contributed by atoms with Crippen LogP contribution < -0.4 is 11.1 Å². The Kier molecular flexibility index (Phi) is 3.78. The van der Waals surface area contributed by atoms with Gasteiger partial charge >= 0.3 is 5.97 Å². The van der Waals surface area contributed by atoms with Gasteiger partial charge in [-0.2, -0.15) is 4.37 Å². The molecule has 0 aliphatic rings. The summed E-state index contributed by atoms with van der Waals surface area (Å²) >= 11 is 1.14. The first-order valence-electron chi connectivity index (χ1n) is 5.27. The van der Waals surface area contributed by atoms with Crippen LogP contribution in [0.3, 0.4) is 0 Å². The van der Waals surface area contributed by atoms with Crippen molar-refractivity contribution in [3.63, 3.8) is 0 Å². The predicted molar refractivity (Wildman–Crippen MR) is 68.6 cm³/mol. The van der Waals surface area contributed by atoms with E-state index < -0.39 is 5.97 Å². The number of carbonyl (C=O) groups is 1. The van der Waals surface area contributed by atoms with E-state index in [9.17, 15) is 4.79 Å². The molecule has 0 amide bonds. The summed E-state index contributed by atoms with van der Waals surface area (Å²) in [6.45, 7) is 0.647. The van der Waals surface area contributed by atoms with E-state index in [0.29, 0.717) is 17.1 Å². The minimum absolute atomic E-state index is 0.191. The molecule has 0 atom stereocenters. The molecular weight excluding hydrogens is 254 g/mol. The SMILES string of the molecule is COC(=O)c1c(N)nsc1NCCc1cnc[nH]1. The van der Waals surface area contributed by atoms with Gasteiger partial charge in [0.05, 0.1) is 13.4 Å². The third kappa shape index (κ3) is 2.59. The molecule has 0 spiro atoms. The Morgan fingerprint density at radius 1 is 1.67 bits per heavy atom. The quantitative estimate of drug-likeness (QED) is 0.695. The Labute approximate surface area is 108 Å². The molecule has 4 N–H and O–H groups in total. The van der Waals surface area contributed by atoms with Crippen LogP contribution in [0.1, 0.15) is 16.1 Å². The van der Waals surface area contributed by atoms with Crippen LogP contribution in [0.25, 0.3) is 0 Å². The highest BCUT2D eigenvalue weighted by atomic mass is 32.1. The number of anilines is 2. The number of nitrogens with one attached hydrogen (secondary N) is 2. The van der Waals surface area contributed by atoms with E-state index in [1.54, 1.807) is 12.5 Å². The second kappa shape index (κ2) is 5.50. The monoisotopic (exact) mass is 267 g/mol. The third-order valence-corrected chi connectivity index (χ3v) is 3.16. The number of ether oxygens (including phenoxy) is 1. The van der Waals surface area contributed by atoms with Crippen molar-refractivity contribution in [1.29, 1.82) is 0 Å². The molecule has 0 aliphatic heterocycles. The molecule has 7 nitrogen and oxygen atoms in total. The van der Waals surface area contributed by atoms with Crippen molar-refractivity contribution in [3.8, 4) is 0 Å². The van der Waals surface area contributed by atoms with E-state index in [1.165, 1.54) is 7.11 Å². The van der Waals surface area contributed by atoms with Gasteiger partial charge in [-0.1, -0.05) is 0 Å². The molecule has 8 heteroatoms. The number of nitrogens with zero attached hydrogens (tertiary/aromatic N) is 2. The summed E-state index contributed by atoms with van der Waals surface area (Å²) in [5.74, 6) is -0.291. The zero-order valence-electron chi connectivity index (χ0n) is 9.77. The molecule has 0 aromatic carbocycles. The van der Waals surface area contributed by atoms with Crippen LogP contribution in [0.5, 0.6) is 0 Å². The molecule has 2 heterocycles. The van der Waals surface area contributed by atoms with E-state index in [0.717, 1.165) is 23.6 Å². The fourth-order valence-electron chi connectivity index (χ4n) is 1.45. The minimum atomic E-state index is -0.481. The van der Waals surface area contributed by atoms with Crippen LogP contribution >= 0.6 is 11.5 Å². The Morgan fingerprint density at radius 2 is 2.50 bits per heavy atom. The van der Waals surface area contributed by atoms with Crippen molar-refractivity contribution >= 4 is 28.3 Å². The number of carbonyl (C=O) groups excluding carboxylic acids is 1. The number of esters is 1. The van der Waals surface area contributed by atoms with Crippen molar-refractivity contribution in [2.24, 2.45) is 0 Å². The maximum atomic E-state index is 11.5. The van der Waals surface area contributed by atoms with E-state index in [1.807, 2.05) is 0 Å².